The van der Waals surface area contributed by atoms with Gasteiger partial charge in [-0.1, -0.05) is 13.3 Å². The number of aromatic nitrogens is 1. The van der Waals surface area contributed by atoms with E-state index in [0.29, 0.717) is 6.04 Å². The van der Waals surface area contributed by atoms with E-state index in [2.05, 4.69) is 41.3 Å². The van der Waals surface area contributed by atoms with Crippen LogP contribution in [0.5, 0.6) is 0 Å². The molecule has 0 aromatic carbocycles. The van der Waals surface area contributed by atoms with Crippen LogP contribution in [0, 0.1) is 0 Å². The molecule has 3 nitrogen and oxygen atoms in total. The summed E-state index contributed by atoms with van der Waals surface area (Å²) in [7, 11) is 4.21. The number of rotatable bonds is 7. The molecule has 1 aromatic heterocycles. The molecule has 0 saturated heterocycles. The molecular formula is C13H23N3. The van der Waals surface area contributed by atoms with Gasteiger partial charge in [0, 0.05) is 31.5 Å². The van der Waals surface area contributed by atoms with Gasteiger partial charge in [0.2, 0.25) is 0 Å². The summed E-state index contributed by atoms with van der Waals surface area (Å²) in [4.78, 5) is 6.45. The fraction of sp³-hybridized carbons (Fsp3) is 0.615. The first kappa shape index (κ1) is 13.1. The smallest absolute Gasteiger partial charge is 0.0271 e. The highest BCUT2D eigenvalue weighted by Crippen LogP contribution is 2.09. The molecule has 1 aromatic rings. The highest BCUT2D eigenvalue weighted by molar-refractivity contribution is 5.09. The lowest BCUT2D eigenvalue weighted by molar-refractivity contribution is 0.218. The third-order valence-corrected chi connectivity index (χ3v) is 2.87. The average Bonchev–Trinajstić information content (AvgIpc) is 2.30. The van der Waals surface area contributed by atoms with Crippen LogP contribution in [-0.2, 0) is 6.54 Å². The summed E-state index contributed by atoms with van der Waals surface area (Å²) in [5.41, 5.74) is 1.33. The van der Waals surface area contributed by atoms with E-state index < -0.39 is 0 Å². The minimum Gasteiger partial charge on any atom is -0.318 e. The van der Waals surface area contributed by atoms with Gasteiger partial charge in [0.1, 0.15) is 0 Å². The zero-order valence-electron chi connectivity index (χ0n) is 10.6. The number of pyridine rings is 1. The van der Waals surface area contributed by atoms with Crippen LogP contribution >= 0.6 is 0 Å². The van der Waals surface area contributed by atoms with Crippen molar-refractivity contribution < 1.29 is 0 Å². The van der Waals surface area contributed by atoms with E-state index in [1.54, 1.807) is 0 Å². The van der Waals surface area contributed by atoms with E-state index in [9.17, 15) is 0 Å². The van der Waals surface area contributed by atoms with E-state index in [0.717, 1.165) is 13.1 Å². The van der Waals surface area contributed by atoms with Gasteiger partial charge in [0.25, 0.3) is 0 Å². The summed E-state index contributed by atoms with van der Waals surface area (Å²) in [6.07, 6.45) is 6.18. The topological polar surface area (TPSA) is 28.2 Å². The van der Waals surface area contributed by atoms with Crippen LogP contribution in [0.3, 0.4) is 0 Å². The standard InChI is InChI=1S/C13H23N3/c1-4-5-13(10-14-2)16(3)11-12-6-8-15-9-7-12/h6-9,13-14H,4-5,10-11H2,1-3H3. The lowest BCUT2D eigenvalue weighted by atomic mass is 10.1. The van der Waals surface area contributed by atoms with Crippen molar-refractivity contribution in [2.24, 2.45) is 0 Å². The second kappa shape index (κ2) is 7.36. The summed E-state index contributed by atoms with van der Waals surface area (Å²) in [6.45, 7) is 4.28. The second-order valence-electron chi connectivity index (χ2n) is 4.27. The van der Waals surface area contributed by atoms with Gasteiger partial charge in [-0.05, 0) is 38.2 Å². The molecule has 0 saturated carbocycles. The molecule has 0 aliphatic rings. The first-order valence-electron chi connectivity index (χ1n) is 6.01. The lowest BCUT2D eigenvalue weighted by Crippen LogP contribution is -2.38. The Kier molecular flexibility index (Phi) is 6.04. The molecule has 3 heteroatoms. The van der Waals surface area contributed by atoms with E-state index in [1.807, 2.05) is 19.4 Å². The largest absolute Gasteiger partial charge is 0.318 e. The second-order valence-corrected chi connectivity index (χ2v) is 4.27. The number of nitrogens with zero attached hydrogens (tertiary/aromatic N) is 2. The Hall–Kier alpha value is -0.930. The Bertz CT molecular complexity index is 268. The van der Waals surface area contributed by atoms with Crippen molar-refractivity contribution in [2.75, 3.05) is 20.6 Å². The molecule has 0 amide bonds. The predicted molar refractivity (Wildman–Crippen MR) is 68.3 cm³/mol. The quantitative estimate of drug-likeness (QED) is 0.762. The van der Waals surface area contributed by atoms with Crippen LogP contribution in [0.15, 0.2) is 24.5 Å². The van der Waals surface area contributed by atoms with Gasteiger partial charge in [-0.3, -0.25) is 9.88 Å². The van der Waals surface area contributed by atoms with Crippen LogP contribution < -0.4 is 5.32 Å². The zero-order chi connectivity index (χ0) is 11.8. The first-order chi connectivity index (χ1) is 7.77. The maximum atomic E-state index is 4.04. The van der Waals surface area contributed by atoms with Crippen LogP contribution in [0.1, 0.15) is 25.3 Å². The highest BCUT2D eigenvalue weighted by Gasteiger charge is 2.12. The van der Waals surface area contributed by atoms with Crippen molar-refractivity contribution in [1.82, 2.24) is 15.2 Å². The van der Waals surface area contributed by atoms with Crippen molar-refractivity contribution >= 4 is 0 Å². The first-order valence-corrected chi connectivity index (χ1v) is 6.01. The Morgan fingerprint density at radius 1 is 1.38 bits per heavy atom. The Morgan fingerprint density at radius 3 is 2.62 bits per heavy atom. The summed E-state index contributed by atoms with van der Waals surface area (Å²) >= 11 is 0. The molecule has 1 unspecified atom stereocenters. The van der Waals surface area contributed by atoms with E-state index in [4.69, 9.17) is 0 Å². The molecule has 0 radical (unpaired) electrons. The molecule has 1 rings (SSSR count). The van der Waals surface area contributed by atoms with Crippen LogP contribution in [-0.4, -0.2) is 36.6 Å². The van der Waals surface area contributed by atoms with Gasteiger partial charge < -0.3 is 5.32 Å². The normalized spacial score (nSPS) is 13.0. The lowest BCUT2D eigenvalue weighted by Gasteiger charge is -2.27. The molecule has 1 heterocycles. The molecule has 0 spiro atoms. The van der Waals surface area contributed by atoms with Gasteiger partial charge in [-0.15, -0.1) is 0 Å². The monoisotopic (exact) mass is 221 g/mol. The van der Waals surface area contributed by atoms with Crippen molar-refractivity contribution in [2.45, 2.75) is 32.4 Å². The summed E-state index contributed by atoms with van der Waals surface area (Å²) in [5, 5.41) is 3.27. The number of nitrogens with one attached hydrogen (secondary N) is 1. The van der Waals surface area contributed by atoms with Gasteiger partial charge in [0.05, 0.1) is 0 Å². The fourth-order valence-electron chi connectivity index (χ4n) is 1.95. The summed E-state index contributed by atoms with van der Waals surface area (Å²) in [5.74, 6) is 0. The summed E-state index contributed by atoms with van der Waals surface area (Å²) < 4.78 is 0. The van der Waals surface area contributed by atoms with Crippen molar-refractivity contribution in [3.63, 3.8) is 0 Å². The Balaban J connectivity index is 2.51. The maximum Gasteiger partial charge on any atom is 0.0271 e. The molecular weight excluding hydrogens is 198 g/mol. The molecule has 1 atom stereocenters. The number of hydrogen-bond acceptors (Lipinski definition) is 3. The van der Waals surface area contributed by atoms with E-state index >= 15 is 0 Å². The number of hydrogen-bond donors (Lipinski definition) is 1. The molecule has 0 aliphatic carbocycles. The van der Waals surface area contributed by atoms with Crippen LogP contribution in [0.4, 0.5) is 0 Å². The molecule has 0 aliphatic heterocycles. The Morgan fingerprint density at radius 2 is 2.06 bits per heavy atom. The maximum absolute atomic E-state index is 4.04. The van der Waals surface area contributed by atoms with Crippen LogP contribution in [0.25, 0.3) is 0 Å². The van der Waals surface area contributed by atoms with Crippen molar-refractivity contribution in [1.29, 1.82) is 0 Å². The molecule has 16 heavy (non-hydrogen) atoms. The van der Waals surface area contributed by atoms with Gasteiger partial charge >= 0.3 is 0 Å². The molecule has 90 valence electrons. The summed E-state index contributed by atoms with van der Waals surface area (Å²) in [6, 6.07) is 4.78. The number of likely N-dealkylation sites (N-methyl/N-ethyl adjacent to an activating group) is 2. The van der Waals surface area contributed by atoms with Crippen molar-refractivity contribution in [3.05, 3.63) is 30.1 Å². The average molecular weight is 221 g/mol. The van der Waals surface area contributed by atoms with Gasteiger partial charge in [-0.25, -0.2) is 0 Å². The minimum absolute atomic E-state index is 0.614. The minimum atomic E-state index is 0.614. The third kappa shape index (κ3) is 4.29. The van der Waals surface area contributed by atoms with E-state index in [-0.39, 0.29) is 0 Å². The zero-order valence-corrected chi connectivity index (χ0v) is 10.6. The van der Waals surface area contributed by atoms with Gasteiger partial charge in [0.15, 0.2) is 0 Å². The highest BCUT2D eigenvalue weighted by atomic mass is 15.1. The van der Waals surface area contributed by atoms with Gasteiger partial charge in [-0.2, -0.15) is 0 Å². The Labute approximate surface area is 98.9 Å². The third-order valence-electron chi connectivity index (χ3n) is 2.87. The SMILES string of the molecule is CCCC(CNC)N(C)Cc1ccncc1. The molecule has 1 N–H and O–H groups in total. The molecule has 0 fully saturated rings. The predicted octanol–water partition coefficient (Wildman–Crippen LogP) is 1.90. The molecule has 0 bridgehead atoms. The van der Waals surface area contributed by atoms with E-state index in [1.165, 1.54) is 18.4 Å². The van der Waals surface area contributed by atoms with Crippen LogP contribution in [0.2, 0.25) is 0 Å². The van der Waals surface area contributed by atoms with Crippen molar-refractivity contribution in [3.8, 4) is 0 Å². The fourth-order valence-corrected chi connectivity index (χ4v) is 1.95.